The summed E-state index contributed by atoms with van der Waals surface area (Å²) in [5, 5.41) is 0. The summed E-state index contributed by atoms with van der Waals surface area (Å²) in [7, 11) is -0.248. The third-order valence-corrected chi connectivity index (χ3v) is 14.9. The summed E-state index contributed by atoms with van der Waals surface area (Å²) in [6, 6.07) is 61.7. The van der Waals surface area contributed by atoms with E-state index < -0.39 is 5.41 Å². The van der Waals surface area contributed by atoms with E-state index in [9.17, 15) is 0 Å². The van der Waals surface area contributed by atoms with E-state index in [4.69, 9.17) is 9.47 Å². The number of allylic oxidation sites excluding steroid dienone is 3. The molecule has 0 aromatic heterocycles. The minimum Gasteiger partial charge on any atom is -0.449 e. The number of benzene rings is 8. The number of fused-ring (bicyclic) bond motifs is 15. The van der Waals surface area contributed by atoms with E-state index in [0.29, 0.717) is 17.2 Å². The predicted molar refractivity (Wildman–Crippen MR) is 246 cm³/mol. The lowest BCUT2D eigenvalue weighted by Gasteiger charge is -2.33. The van der Waals surface area contributed by atoms with E-state index in [1.54, 1.807) is 0 Å². The van der Waals surface area contributed by atoms with Crippen LogP contribution in [0.4, 0.5) is 11.4 Å². The van der Waals surface area contributed by atoms with E-state index in [1.807, 2.05) is 6.07 Å². The van der Waals surface area contributed by atoms with Gasteiger partial charge in [0.2, 0.25) is 0 Å². The molecule has 284 valence electrons. The first-order valence-electron chi connectivity index (χ1n) is 20.7. The summed E-state index contributed by atoms with van der Waals surface area (Å²) in [6.45, 7) is 0. The maximum absolute atomic E-state index is 7.17. The quantitative estimate of drug-likeness (QED) is 0.166. The number of ether oxygens (including phenoxy) is 2. The van der Waals surface area contributed by atoms with Gasteiger partial charge in [-0.15, -0.1) is 10.5 Å². The van der Waals surface area contributed by atoms with Crippen LogP contribution in [-0.4, -0.2) is 5.87 Å². The zero-order valence-corrected chi connectivity index (χ0v) is 33.5. The number of nitrogens with zero attached hydrogens (tertiary/aromatic N) is 1. The third-order valence-electron chi connectivity index (χ3n) is 13.1. The van der Waals surface area contributed by atoms with E-state index in [2.05, 4.69) is 193 Å². The molecule has 13 rings (SSSR count). The van der Waals surface area contributed by atoms with Crippen molar-refractivity contribution in [2.75, 3.05) is 4.90 Å². The van der Waals surface area contributed by atoms with E-state index in [-0.39, 0.29) is 10.5 Å². The first kappa shape index (κ1) is 33.8. The van der Waals surface area contributed by atoms with Crippen molar-refractivity contribution >= 4 is 27.7 Å². The predicted octanol–water partition coefficient (Wildman–Crippen LogP) is 15.1. The van der Waals surface area contributed by atoms with Crippen LogP contribution < -0.4 is 14.4 Å². The van der Waals surface area contributed by atoms with Crippen molar-refractivity contribution < 1.29 is 9.47 Å². The number of para-hydroxylation sites is 1. The number of hydrogen-bond acceptors (Lipinski definition) is 3. The summed E-state index contributed by atoms with van der Waals surface area (Å²) in [6.07, 6.45) is 8.80. The first-order valence-corrected chi connectivity index (χ1v) is 22.1. The van der Waals surface area contributed by atoms with Gasteiger partial charge in [0, 0.05) is 21.2 Å². The van der Waals surface area contributed by atoms with Crippen LogP contribution in [0.2, 0.25) is 0 Å². The highest BCUT2D eigenvalue weighted by atomic mass is 32.2. The second kappa shape index (κ2) is 12.7. The summed E-state index contributed by atoms with van der Waals surface area (Å²) in [5.41, 5.74) is 17.7. The van der Waals surface area contributed by atoms with Gasteiger partial charge in [0.1, 0.15) is 0 Å². The van der Waals surface area contributed by atoms with Gasteiger partial charge >= 0.3 is 0 Å². The van der Waals surface area contributed by atoms with Crippen molar-refractivity contribution in [3.8, 4) is 67.5 Å². The number of anilines is 2. The molecular weight excluding hydrogens is 751 g/mol. The van der Waals surface area contributed by atoms with Gasteiger partial charge in [-0.2, -0.15) is 0 Å². The van der Waals surface area contributed by atoms with Gasteiger partial charge < -0.3 is 14.4 Å². The molecule has 0 saturated heterocycles. The minimum absolute atomic E-state index is 0.248. The van der Waals surface area contributed by atoms with Crippen molar-refractivity contribution in [1.82, 2.24) is 0 Å². The molecule has 1 unspecified atom stereocenters. The van der Waals surface area contributed by atoms with E-state index in [1.165, 1.54) is 76.6 Å². The molecule has 60 heavy (non-hydrogen) atoms. The molecule has 1 spiro atoms. The normalized spacial score (nSPS) is 16.2. The van der Waals surface area contributed by atoms with Crippen molar-refractivity contribution in [3.05, 3.63) is 216 Å². The van der Waals surface area contributed by atoms with Gasteiger partial charge in [0.25, 0.3) is 0 Å². The minimum atomic E-state index is -0.473. The molecule has 0 N–H and O–H groups in total. The highest BCUT2D eigenvalue weighted by Crippen LogP contribution is 2.65. The standard InChI is InChI=1S/C56H37NO2S/c1-60-53-28-12-8-20-42(53)43-22-13-21-38(55(43)60)35-29-31-37(32-30-35)57(36-15-3-2-4-16-36)49-26-14-27-50-54(49)59-52-34-48-44(33-51(52)58-50)41-19-7-11-25-47(41)56(48)45-23-9-5-17-39(45)40-18-6-10-24-46(40)56/h3,5-34H,1-2,4H2. The summed E-state index contributed by atoms with van der Waals surface area (Å²) in [5.74, 6) is 7.49. The van der Waals surface area contributed by atoms with Crippen molar-refractivity contribution in [1.29, 1.82) is 0 Å². The Labute approximate surface area is 352 Å². The van der Waals surface area contributed by atoms with E-state index in [0.717, 1.165) is 35.7 Å². The van der Waals surface area contributed by atoms with Crippen LogP contribution in [0.5, 0.6) is 23.0 Å². The summed E-state index contributed by atoms with van der Waals surface area (Å²) in [4.78, 5) is 4.96. The van der Waals surface area contributed by atoms with E-state index >= 15 is 0 Å². The van der Waals surface area contributed by atoms with Gasteiger partial charge in [-0.05, 0) is 128 Å². The third kappa shape index (κ3) is 4.54. The van der Waals surface area contributed by atoms with Crippen LogP contribution >= 0.6 is 10.5 Å². The molecule has 0 bridgehead atoms. The molecule has 2 heterocycles. The van der Waals surface area contributed by atoms with Gasteiger partial charge in [-0.3, -0.25) is 0 Å². The van der Waals surface area contributed by atoms with Crippen LogP contribution in [0, 0.1) is 0 Å². The molecule has 8 aromatic carbocycles. The maximum Gasteiger partial charge on any atom is 0.194 e. The van der Waals surface area contributed by atoms with Crippen molar-refractivity contribution in [3.63, 3.8) is 0 Å². The van der Waals surface area contributed by atoms with Gasteiger partial charge in [0.05, 0.1) is 11.1 Å². The Hall–Kier alpha value is -7.14. The first-order chi connectivity index (χ1) is 29.7. The smallest absolute Gasteiger partial charge is 0.194 e. The fraction of sp³-hybridized carbons (Fsp3) is 0.0536. The fourth-order valence-corrected chi connectivity index (χ4v) is 12.4. The molecule has 5 aliphatic rings. The molecule has 1 atom stereocenters. The highest BCUT2D eigenvalue weighted by Gasteiger charge is 2.52. The Balaban J connectivity index is 0.935. The van der Waals surface area contributed by atoms with Gasteiger partial charge in [-0.25, -0.2) is 0 Å². The molecule has 8 aromatic rings. The second-order valence-electron chi connectivity index (χ2n) is 16.1. The SMILES string of the molecule is C=S1c2ccccc2-c2cccc(-c3ccc(N(C4=CCCC=C4)c4cccc5c4Oc4cc6c(cc4O5)-c4ccccc4C64c5ccccc5-c5ccccc54)cc3)c21. The zero-order valence-electron chi connectivity index (χ0n) is 32.7. The molecule has 0 fully saturated rings. The Morgan fingerprint density at radius 2 is 1.12 bits per heavy atom. The fourth-order valence-electron chi connectivity index (χ4n) is 10.6. The highest BCUT2D eigenvalue weighted by molar-refractivity contribution is 8.14. The van der Waals surface area contributed by atoms with Crippen LogP contribution in [0.1, 0.15) is 35.1 Å². The molecular formula is C56H37NO2S. The average Bonchev–Trinajstić information content (AvgIpc) is 3.89. The van der Waals surface area contributed by atoms with Crippen LogP contribution in [0.25, 0.3) is 44.5 Å². The summed E-state index contributed by atoms with van der Waals surface area (Å²) < 4.78 is 14.1. The molecule has 0 saturated carbocycles. The Kier molecular flexibility index (Phi) is 7.14. The van der Waals surface area contributed by atoms with Crippen molar-refractivity contribution in [2.24, 2.45) is 0 Å². The van der Waals surface area contributed by atoms with Crippen LogP contribution in [0.15, 0.2) is 204 Å². The lowest BCUT2D eigenvalue weighted by Crippen LogP contribution is -2.26. The number of rotatable bonds is 4. The molecule has 0 radical (unpaired) electrons. The van der Waals surface area contributed by atoms with Crippen LogP contribution in [-0.2, 0) is 5.41 Å². The lowest BCUT2D eigenvalue weighted by molar-refractivity contribution is 0.360. The number of hydrogen-bond donors (Lipinski definition) is 0. The zero-order chi connectivity index (χ0) is 39.5. The second-order valence-corrected chi connectivity index (χ2v) is 17.7. The Morgan fingerprint density at radius 3 is 1.83 bits per heavy atom. The lowest BCUT2D eigenvalue weighted by atomic mass is 9.70. The monoisotopic (exact) mass is 787 g/mol. The largest absolute Gasteiger partial charge is 0.449 e. The Bertz CT molecular complexity index is 3200. The summed E-state index contributed by atoms with van der Waals surface area (Å²) >= 11 is 0. The van der Waals surface area contributed by atoms with Gasteiger partial charge in [-0.1, -0.05) is 145 Å². The Morgan fingerprint density at radius 1 is 0.500 bits per heavy atom. The van der Waals surface area contributed by atoms with Gasteiger partial charge in [0.15, 0.2) is 23.0 Å². The molecule has 3 aliphatic carbocycles. The molecule has 2 aliphatic heterocycles. The van der Waals surface area contributed by atoms with Crippen molar-refractivity contribution in [2.45, 2.75) is 28.0 Å². The molecule has 0 amide bonds. The molecule has 3 nitrogen and oxygen atoms in total. The molecule has 4 heteroatoms. The average molecular weight is 788 g/mol. The van der Waals surface area contributed by atoms with Crippen LogP contribution in [0.3, 0.4) is 0 Å². The topological polar surface area (TPSA) is 21.7 Å². The maximum atomic E-state index is 7.17.